The van der Waals surface area contributed by atoms with Gasteiger partial charge in [-0.1, -0.05) is 18.2 Å². The maximum absolute atomic E-state index is 3.80. The first-order valence-corrected chi connectivity index (χ1v) is 8.50. The molecule has 1 aromatic rings. The van der Waals surface area contributed by atoms with Crippen LogP contribution < -0.4 is 10.2 Å². The lowest BCUT2D eigenvalue weighted by Crippen LogP contribution is -2.45. The van der Waals surface area contributed by atoms with Crippen LogP contribution in [0.25, 0.3) is 0 Å². The molecule has 3 rings (SSSR count). The Morgan fingerprint density at radius 2 is 1.90 bits per heavy atom. The van der Waals surface area contributed by atoms with E-state index in [1.54, 1.807) is 0 Å². The van der Waals surface area contributed by atoms with Crippen LogP contribution in [-0.4, -0.2) is 43.7 Å². The van der Waals surface area contributed by atoms with Crippen LogP contribution >= 0.6 is 0 Å². The molecule has 0 aromatic heterocycles. The van der Waals surface area contributed by atoms with Crippen LogP contribution in [0.1, 0.15) is 38.2 Å². The van der Waals surface area contributed by atoms with Gasteiger partial charge in [0.15, 0.2) is 0 Å². The fraction of sp³-hybridized carbons (Fsp3) is 0.667. The third-order valence-corrected chi connectivity index (χ3v) is 5.23. The molecule has 0 amide bonds. The molecule has 3 heteroatoms. The minimum absolute atomic E-state index is 0.669. The van der Waals surface area contributed by atoms with Gasteiger partial charge in [0.25, 0.3) is 0 Å². The van der Waals surface area contributed by atoms with Crippen molar-refractivity contribution in [1.82, 2.24) is 10.2 Å². The monoisotopic (exact) mass is 287 g/mol. The number of likely N-dealkylation sites (tertiary alicyclic amines) is 1. The predicted molar refractivity (Wildman–Crippen MR) is 89.8 cm³/mol. The number of nitrogens with one attached hydrogen (secondary N) is 1. The Labute approximate surface area is 129 Å². The van der Waals surface area contributed by atoms with Crippen LogP contribution in [-0.2, 0) is 6.54 Å². The van der Waals surface area contributed by atoms with Gasteiger partial charge in [-0.05, 0) is 57.8 Å². The van der Waals surface area contributed by atoms with Gasteiger partial charge in [-0.2, -0.15) is 0 Å². The molecule has 0 bridgehead atoms. The van der Waals surface area contributed by atoms with Gasteiger partial charge in [-0.15, -0.1) is 0 Å². The smallest absolute Gasteiger partial charge is 0.0411 e. The maximum atomic E-state index is 3.80. The van der Waals surface area contributed by atoms with Crippen molar-refractivity contribution in [3.63, 3.8) is 0 Å². The van der Waals surface area contributed by atoms with E-state index in [0.717, 1.165) is 6.54 Å². The van der Waals surface area contributed by atoms with Gasteiger partial charge in [0.1, 0.15) is 0 Å². The quantitative estimate of drug-likeness (QED) is 0.918. The summed E-state index contributed by atoms with van der Waals surface area (Å²) in [7, 11) is 2.24. The first kappa shape index (κ1) is 14.9. The highest BCUT2D eigenvalue weighted by Gasteiger charge is 2.22. The van der Waals surface area contributed by atoms with Crippen molar-refractivity contribution in [3.8, 4) is 0 Å². The minimum Gasteiger partial charge on any atom is -0.371 e. The van der Waals surface area contributed by atoms with Crippen molar-refractivity contribution in [2.75, 3.05) is 31.6 Å². The number of piperidine rings is 1. The van der Waals surface area contributed by atoms with E-state index in [2.05, 4.69) is 53.4 Å². The lowest BCUT2D eigenvalue weighted by Gasteiger charge is -2.35. The largest absolute Gasteiger partial charge is 0.371 e. The molecule has 0 spiro atoms. The Hall–Kier alpha value is -1.06. The average molecular weight is 287 g/mol. The first-order chi connectivity index (χ1) is 10.2. The van der Waals surface area contributed by atoms with Gasteiger partial charge in [-0.25, -0.2) is 0 Å². The number of para-hydroxylation sites is 1. The Morgan fingerprint density at radius 3 is 2.67 bits per heavy atom. The second-order valence-electron chi connectivity index (χ2n) is 6.75. The summed E-state index contributed by atoms with van der Waals surface area (Å²) in [5, 5.41) is 3.80. The second kappa shape index (κ2) is 6.80. The highest BCUT2D eigenvalue weighted by Crippen LogP contribution is 2.25. The Balaban J connectivity index is 1.60. The third kappa shape index (κ3) is 3.58. The molecule has 2 aliphatic rings. The maximum Gasteiger partial charge on any atom is 0.0411 e. The molecule has 0 radical (unpaired) electrons. The normalized spacial score (nSPS) is 27.2. The van der Waals surface area contributed by atoms with Crippen molar-refractivity contribution in [2.45, 2.75) is 51.2 Å². The SMILES string of the molecule is CC1CC(NCc2ccccc2N2CCCC2)CCN1C. The summed E-state index contributed by atoms with van der Waals surface area (Å²) in [6.45, 7) is 7.01. The molecule has 2 unspecified atom stereocenters. The van der Waals surface area contributed by atoms with Gasteiger partial charge in [0.2, 0.25) is 0 Å². The molecule has 2 fully saturated rings. The topological polar surface area (TPSA) is 18.5 Å². The van der Waals surface area contributed by atoms with Gasteiger partial charge in [-0.3, -0.25) is 0 Å². The van der Waals surface area contributed by atoms with Gasteiger partial charge >= 0.3 is 0 Å². The standard InChI is InChI=1S/C18H29N3/c1-15-13-17(9-12-20(15)2)19-14-16-7-3-4-8-18(16)21-10-5-6-11-21/h3-4,7-8,15,17,19H,5-6,9-14H2,1-2H3. The zero-order valence-corrected chi connectivity index (χ0v) is 13.5. The summed E-state index contributed by atoms with van der Waals surface area (Å²) in [5.41, 5.74) is 2.91. The molecule has 1 aromatic carbocycles. The Kier molecular flexibility index (Phi) is 4.81. The molecular weight excluding hydrogens is 258 g/mol. The van der Waals surface area contributed by atoms with Gasteiger partial charge in [0, 0.05) is 37.4 Å². The lowest BCUT2D eigenvalue weighted by molar-refractivity contribution is 0.168. The van der Waals surface area contributed by atoms with Crippen molar-refractivity contribution in [3.05, 3.63) is 29.8 Å². The summed E-state index contributed by atoms with van der Waals surface area (Å²) in [4.78, 5) is 5.02. The lowest BCUT2D eigenvalue weighted by atomic mass is 9.98. The number of hydrogen-bond acceptors (Lipinski definition) is 3. The predicted octanol–water partition coefficient (Wildman–Crippen LogP) is 2.86. The molecule has 3 nitrogen and oxygen atoms in total. The third-order valence-electron chi connectivity index (χ3n) is 5.23. The zero-order valence-electron chi connectivity index (χ0n) is 13.5. The summed E-state index contributed by atoms with van der Waals surface area (Å²) in [6.07, 6.45) is 5.22. The van der Waals surface area contributed by atoms with E-state index in [9.17, 15) is 0 Å². The Morgan fingerprint density at radius 1 is 1.14 bits per heavy atom. The summed E-state index contributed by atoms with van der Waals surface area (Å²) in [6, 6.07) is 10.3. The number of anilines is 1. The van der Waals surface area contributed by atoms with Gasteiger partial charge < -0.3 is 15.1 Å². The van der Waals surface area contributed by atoms with Crippen molar-refractivity contribution >= 4 is 5.69 Å². The number of hydrogen-bond donors (Lipinski definition) is 1. The minimum atomic E-state index is 0.669. The van der Waals surface area contributed by atoms with Crippen LogP contribution in [0.15, 0.2) is 24.3 Å². The molecule has 1 N–H and O–H groups in total. The van der Waals surface area contributed by atoms with E-state index in [-0.39, 0.29) is 0 Å². The zero-order chi connectivity index (χ0) is 14.7. The first-order valence-electron chi connectivity index (χ1n) is 8.50. The second-order valence-corrected chi connectivity index (χ2v) is 6.75. The van der Waals surface area contributed by atoms with Gasteiger partial charge in [0.05, 0.1) is 0 Å². The van der Waals surface area contributed by atoms with Crippen LogP contribution in [0, 0.1) is 0 Å². The number of nitrogens with zero attached hydrogens (tertiary/aromatic N) is 2. The van der Waals surface area contributed by atoms with Crippen LogP contribution in [0.2, 0.25) is 0 Å². The van der Waals surface area contributed by atoms with Crippen molar-refractivity contribution in [2.24, 2.45) is 0 Å². The Bertz CT molecular complexity index is 454. The molecule has 0 aliphatic carbocycles. The summed E-state index contributed by atoms with van der Waals surface area (Å²) in [5.74, 6) is 0. The van der Waals surface area contributed by atoms with Crippen molar-refractivity contribution in [1.29, 1.82) is 0 Å². The van der Waals surface area contributed by atoms with E-state index in [0.29, 0.717) is 12.1 Å². The molecule has 0 saturated carbocycles. The van der Waals surface area contributed by atoms with Crippen molar-refractivity contribution < 1.29 is 0 Å². The van der Waals surface area contributed by atoms with E-state index < -0.39 is 0 Å². The molecule has 21 heavy (non-hydrogen) atoms. The molecule has 2 aliphatic heterocycles. The fourth-order valence-corrected chi connectivity index (χ4v) is 3.66. The molecule has 2 saturated heterocycles. The number of benzene rings is 1. The van der Waals surface area contributed by atoms with Crippen LogP contribution in [0.5, 0.6) is 0 Å². The highest BCUT2D eigenvalue weighted by atomic mass is 15.2. The van der Waals surface area contributed by atoms with E-state index in [1.165, 1.54) is 56.6 Å². The van der Waals surface area contributed by atoms with E-state index in [4.69, 9.17) is 0 Å². The number of rotatable bonds is 4. The summed E-state index contributed by atoms with van der Waals surface area (Å²) < 4.78 is 0. The molecule has 2 atom stereocenters. The van der Waals surface area contributed by atoms with E-state index in [1.807, 2.05) is 0 Å². The molecule has 116 valence electrons. The van der Waals surface area contributed by atoms with E-state index >= 15 is 0 Å². The molecular formula is C18H29N3. The van der Waals surface area contributed by atoms with Crippen LogP contribution in [0.3, 0.4) is 0 Å². The highest BCUT2D eigenvalue weighted by molar-refractivity contribution is 5.54. The average Bonchev–Trinajstić information content (AvgIpc) is 3.03. The fourth-order valence-electron chi connectivity index (χ4n) is 3.66. The summed E-state index contributed by atoms with van der Waals surface area (Å²) >= 11 is 0. The van der Waals surface area contributed by atoms with Crippen LogP contribution in [0.4, 0.5) is 5.69 Å². The molecule has 2 heterocycles.